The number of ether oxygens (including phenoxy) is 2. The number of carbonyl (C=O) groups excluding carboxylic acids is 2. The molecule has 154 valence electrons. The number of rotatable bonds is 6. The van der Waals surface area contributed by atoms with Crippen LogP contribution >= 0.6 is 0 Å². The van der Waals surface area contributed by atoms with Crippen LogP contribution in [0.15, 0.2) is 83.9 Å². The Bertz CT molecular complexity index is 1140. The molecule has 4 rings (SSSR count). The highest BCUT2D eigenvalue weighted by Crippen LogP contribution is 2.33. The molecule has 2 aromatic carbocycles. The van der Waals surface area contributed by atoms with Crippen LogP contribution in [-0.4, -0.2) is 29.8 Å². The van der Waals surface area contributed by atoms with Gasteiger partial charge in [-0.3, -0.25) is 14.6 Å². The van der Waals surface area contributed by atoms with Gasteiger partial charge in [0, 0.05) is 23.5 Å². The van der Waals surface area contributed by atoms with Crippen LogP contribution in [0.3, 0.4) is 0 Å². The van der Waals surface area contributed by atoms with Gasteiger partial charge >= 0.3 is 0 Å². The molecule has 0 radical (unpaired) electrons. The average Bonchev–Trinajstić information content (AvgIpc) is 3.28. The molecule has 2 N–H and O–H groups in total. The van der Waals surface area contributed by atoms with E-state index in [1.807, 2.05) is 0 Å². The molecule has 0 atom stereocenters. The third-order valence-corrected chi connectivity index (χ3v) is 4.30. The van der Waals surface area contributed by atoms with Gasteiger partial charge in [-0.25, -0.2) is 5.43 Å². The molecule has 0 saturated heterocycles. The first-order chi connectivity index (χ1) is 15.2. The number of benzene rings is 2. The van der Waals surface area contributed by atoms with Gasteiger partial charge in [0.05, 0.1) is 6.21 Å². The first kappa shape index (κ1) is 19.8. The summed E-state index contributed by atoms with van der Waals surface area (Å²) in [5.41, 5.74) is 4.24. The number of hydrazone groups is 1. The SMILES string of the molecule is O=C(NN=Cc1cccnc1)C(=Cc1ccc2c(c1)OCO2)NC(=O)c1ccccc1. The number of fused-ring (bicyclic) bond motifs is 1. The van der Waals surface area contributed by atoms with Crippen LogP contribution in [0.4, 0.5) is 0 Å². The van der Waals surface area contributed by atoms with E-state index in [1.165, 1.54) is 12.3 Å². The normalized spacial score (nSPS) is 12.6. The van der Waals surface area contributed by atoms with Crippen molar-refractivity contribution in [1.82, 2.24) is 15.7 Å². The molecule has 0 saturated carbocycles. The Morgan fingerprint density at radius 1 is 0.968 bits per heavy atom. The van der Waals surface area contributed by atoms with Gasteiger partial charge in [-0.15, -0.1) is 0 Å². The van der Waals surface area contributed by atoms with Crippen molar-refractivity contribution in [2.75, 3.05) is 6.79 Å². The largest absolute Gasteiger partial charge is 0.454 e. The Morgan fingerprint density at radius 3 is 2.61 bits per heavy atom. The summed E-state index contributed by atoms with van der Waals surface area (Å²) in [6.45, 7) is 0.143. The van der Waals surface area contributed by atoms with Gasteiger partial charge in [-0.1, -0.05) is 30.3 Å². The van der Waals surface area contributed by atoms with Crippen molar-refractivity contribution in [3.63, 3.8) is 0 Å². The number of hydrogen-bond acceptors (Lipinski definition) is 6. The van der Waals surface area contributed by atoms with E-state index in [-0.39, 0.29) is 12.5 Å². The minimum absolute atomic E-state index is 0.0241. The van der Waals surface area contributed by atoms with Crippen LogP contribution < -0.4 is 20.2 Å². The predicted molar refractivity (Wildman–Crippen MR) is 114 cm³/mol. The molecule has 2 amide bonds. The first-order valence-corrected chi connectivity index (χ1v) is 9.40. The van der Waals surface area contributed by atoms with Crippen LogP contribution in [0, 0.1) is 0 Å². The maximum Gasteiger partial charge on any atom is 0.287 e. The molecule has 0 aliphatic carbocycles. The van der Waals surface area contributed by atoms with Crippen molar-refractivity contribution in [2.24, 2.45) is 5.10 Å². The zero-order valence-electron chi connectivity index (χ0n) is 16.3. The third kappa shape index (κ3) is 5.13. The summed E-state index contributed by atoms with van der Waals surface area (Å²) in [5.74, 6) is 0.191. The summed E-state index contributed by atoms with van der Waals surface area (Å²) in [7, 11) is 0. The number of amides is 2. The van der Waals surface area contributed by atoms with E-state index in [0.29, 0.717) is 22.6 Å². The summed E-state index contributed by atoms with van der Waals surface area (Å²) in [4.78, 5) is 29.3. The summed E-state index contributed by atoms with van der Waals surface area (Å²) >= 11 is 0. The summed E-state index contributed by atoms with van der Waals surface area (Å²) in [5, 5.41) is 6.59. The van der Waals surface area contributed by atoms with E-state index in [4.69, 9.17) is 9.47 Å². The molecule has 0 fully saturated rings. The molecule has 0 unspecified atom stereocenters. The van der Waals surface area contributed by atoms with E-state index in [0.717, 1.165) is 5.56 Å². The predicted octanol–water partition coefficient (Wildman–Crippen LogP) is 2.73. The van der Waals surface area contributed by atoms with Gasteiger partial charge in [-0.05, 0) is 42.0 Å². The topological polar surface area (TPSA) is 102 Å². The highest BCUT2D eigenvalue weighted by atomic mass is 16.7. The quantitative estimate of drug-likeness (QED) is 0.367. The molecule has 0 bridgehead atoms. The van der Waals surface area contributed by atoms with Gasteiger partial charge < -0.3 is 14.8 Å². The lowest BCUT2D eigenvalue weighted by Gasteiger charge is -2.09. The van der Waals surface area contributed by atoms with E-state index >= 15 is 0 Å². The fourth-order valence-corrected chi connectivity index (χ4v) is 2.79. The fraction of sp³-hybridized carbons (Fsp3) is 0.0435. The lowest BCUT2D eigenvalue weighted by molar-refractivity contribution is -0.117. The first-order valence-electron chi connectivity index (χ1n) is 9.40. The Balaban J connectivity index is 1.56. The van der Waals surface area contributed by atoms with E-state index in [1.54, 1.807) is 73.1 Å². The highest BCUT2D eigenvalue weighted by molar-refractivity contribution is 6.05. The number of carbonyl (C=O) groups is 2. The van der Waals surface area contributed by atoms with Crippen molar-refractivity contribution in [1.29, 1.82) is 0 Å². The maximum absolute atomic E-state index is 12.8. The zero-order chi connectivity index (χ0) is 21.5. The number of nitrogens with zero attached hydrogens (tertiary/aromatic N) is 2. The van der Waals surface area contributed by atoms with E-state index in [2.05, 4.69) is 20.8 Å². The monoisotopic (exact) mass is 414 g/mol. The van der Waals surface area contributed by atoms with Crippen molar-refractivity contribution in [3.05, 3.63) is 95.4 Å². The Kier molecular flexibility index (Phi) is 5.99. The molecule has 1 aliphatic heterocycles. The minimum Gasteiger partial charge on any atom is -0.454 e. The number of pyridine rings is 1. The van der Waals surface area contributed by atoms with Crippen LogP contribution in [0.2, 0.25) is 0 Å². The maximum atomic E-state index is 12.8. The second-order valence-corrected chi connectivity index (χ2v) is 6.48. The Morgan fingerprint density at radius 2 is 1.81 bits per heavy atom. The average molecular weight is 414 g/mol. The van der Waals surface area contributed by atoms with Crippen LogP contribution in [-0.2, 0) is 4.79 Å². The van der Waals surface area contributed by atoms with Crippen molar-refractivity contribution >= 4 is 24.1 Å². The second kappa shape index (κ2) is 9.36. The van der Waals surface area contributed by atoms with E-state index < -0.39 is 11.8 Å². The minimum atomic E-state index is -0.581. The molecule has 2 heterocycles. The van der Waals surface area contributed by atoms with Gasteiger partial charge in [-0.2, -0.15) is 5.10 Å². The Labute approximate surface area is 178 Å². The molecule has 8 heteroatoms. The summed E-state index contributed by atoms with van der Waals surface area (Å²) in [6, 6.07) is 17.4. The molecule has 31 heavy (non-hydrogen) atoms. The van der Waals surface area contributed by atoms with Crippen LogP contribution in [0.25, 0.3) is 6.08 Å². The van der Waals surface area contributed by atoms with Gasteiger partial charge in [0.1, 0.15) is 5.70 Å². The van der Waals surface area contributed by atoms with Crippen molar-refractivity contribution < 1.29 is 19.1 Å². The highest BCUT2D eigenvalue weighted by Gasteiger charge is 2.16. The summed E-state index contributed by atoms with van der Waals surface area (Å²) in [6.07, 6.45) is 6.25. The fourth-order valence-electron chi connectivity index (χ4n) is 2.79. The Hall–Kier alpha value is -4.46. The third-order valence-electron chi connectivity index (χ3n) is 4.30. The number of hydrogen-bond donors (Lipinski definition) is 2. The molecule has 0 spiro atoms. The standard InChI is InChI=1S/C23H18N4O4/c28-22(18-6-2-1-3-7-18)26-19(11-16-8-9-20-21(12-16)31-15-30-20)23(29)27-25-14-17-5-4-10-24-13-17/h1-14H,15H2,(H,26,28)(H,27,29). The van der Waals surface area contributed by atoms with Crippen LogP contribution in [0.5, 0.6) is 11.5 Å². The van der Waals surface area contributed by atoms with E-state index in [9.17, 15) is 9.59 Å². The molecule has 3 aromatic rings. The second-order valence-electron chi connectivity index (χ2n) is 6.48. The zero-order valence-corrected chi connectivity index (χ0v) is 16.3. The molecule has 1 aliphatic rings. The lowest BCUT2D eigenvalue weighted by atomic mass is 10.1. The van der Waals surface area contributed by atoms with Crippen molar-refractivity contribution in [3.8, 4) is 11.5 Å². The molecule has 8 nitrogen and oxygen atoms in total. The molecular weight excluding hydrogens is 396 g/mol. The van der Waals surface area contributed by atoms with Gasteiger partial charge in [0.2, 0.25) is 6.79 Å². The molecular formula is C23H18N4O4. The van der Waals surface area contributed by atoms with Gasteiger partial charge in [0.25, 0.3) is 11.8 Å². The van der Waals surface area contributed by atoms with Crippen molar-refractivity contribution in [2.45, 2.75) is 0 Å². The molecule has 1 aromatic heterocycles. The van der Waals surface area contributed by atoms with Gasteiger partial charge in [0.15, 0.2) is 11.5 Å². The smallest absolute Gasteiger partial charge is 0.287 e. The number of nitrogens with one attached hydrogen (secondary N) is 2. The summed E-state index contributed by atoms with van der Waals surface area (Å²) < 4.78 is 10.7. The number of aromatic nitrogens is 1. The van der Waals surface area contributed by atoms with Crippen LogP contribution in [0.1, 0.15) is 21.5 Å². The lowest BCUT2D eigenvalue weighted by Crippen LogP contribution is -2.32.